The SMILES string of the molecule is CC1CCCN1C(=O)NC1(C(=O)O)CC1. The monoisotopic (exact) mass is 212 g/mol. The molecule has 0 aromatic heterocycles. The summed E-state index contributed by atoms with van der Waals surface area (Å²) in [7, 11) is 0. The van der Waals surface area contributed by atoms with Gasteiger partial charge in [0.25, 0.3) is 0 Å². The fraction of sp³-hybridized carbons (Fsp3) is 0.800. The Morgan fingerprint density at radius 1 is 1.47 bits per heavy atom. The zero-order valence-corrected chi connectivity index (χ0v) is 8.82. The van der Waals surface area contributed by atoms with E-state index in [1.165, 1.54) is 0 Å². The molecule has 1 unspecified atom stereocenters. The summed E-state index contributed by atoms with van der Waals surface area (Å²) in [6.07, 6.45) is 3.12. The number of carboxylic acid groups (broad SMARTS) is 1. The van der Waals surface area contributed by atoms with Gasteiger partial charge in [-0.1, -0.05) is 0 Å². The zero-order valence-electron chi connectivity index (χ0n) is 8.82. The quantitative estimate of drug-likeness (QED) is 0.711. The molecule has 2 N–H and O–H groups in total. The predicted octanol–water partition coefficient (Wildman–Crippen LogP) is 0.797. The number of nitrogens with zero attached hydrogens (tertiary/aromatic N) is 1. The molecule has 0 aromatic carbocycles. The Morgan fingerprint density at radius 3 is 2.53 bits per heavy atom. The van der Waals surface area contributed by atoms with Crippen molar-refractivity contribution in [1.29, 1.82) is 0 Å². The highest BCUT2D eigenvalue weighted by Crippen LogP contribution is 2.36. The van der Waals surface area contributed by atoms with Crippen molar-refractivity contribution in [3.8, 4) is 0 Å². The van der Waals surface area contributed by atoms with Gasteiger partial charge in [0.2, 0.25) is 0 Å². The number of carbonyl (C=O) groups is 2. The topological polar surface area (TPSA) is 69.6 Å². The van der Waals surface area contributed by atoms with E-state index in [1.807, 2.05) is 6.92 Å². The maximum absolute atomic E-state index is 11.8. The number of aliphatic carboxylic acids is 1. The second kappa shape index (κ2) is 3.40. The third-order valence-electron chi connectivity index (χ3n) is 3.32. The van der Waals surface area contributed by atoms with Crippen LogP contribution in [0, 0.1) is 0 Å². The Labute approximate surface area is 88.4 Å². The average Bonchev–Trinajstić information content (AvgIpc) is 2.82. The molecule has 0 spiro atoms. The third-order valence-corrected chi connectivity index (χ3v) is 3.32. The minimum atomic E-state index is -0.959. The van der Waals surface area contributed by atoms with Crippen LogP contribution in [-0.2, 0) is 4.79 Å². The van der Waals surface area contributed by atoms with Crippen LogP contribution in [0.1, 0.15) is 32.6 Å². The second-order valence-electron chi connectivity index (χ2n) is 4.50. The van der Waals surface area contributed by atoms with Crippen molar-refractivity contribution in [2.24, 2.45) is 0 Å². The number of hydrogen-bond acceptors (Lipinski definition) is 2. The van der Waals surface area contributed by atoms with Gasteiger partial charge < -0.3 is 15.3 Å². The molecule has 5 nitrogen and oxygen atoms in total. The maximum atomic E-state index is 11.8. The molecular weight excluding hydrogens is 196 g/mol. The van der Waals surface area contributed by atoms with Gasteiger partial charge in [-0.25, -0.2) is 9.59 Å². The van der Waals surface area contributed by atoms with Gasteiger partial charge in [0.1, 0.15) is 5.54 Å². The number of likely N-dealkylation sites (tertiary alicyclic amines) is 1. The van der Waals surface area contributed by atoms with Crippen LogP contribution in [0.3, 0.4) is 0 Å². The Balaban J connectivity index is 1.95. The van der Waals surface area contributed by atoms with Crippen molar-refractivity contribution in [3.05, 3.63) is 0 Å². The summed E-state index contributed by atoms with van der Waals surface area (Å²) in [6, 6.07) is 0.00879. The molecule has 0 radical (unpaired) electrons. The molecule has 0 aromatic rings. The van der Waals surface area contributed by atoms with E-state index in [9.17, 15) is 9.59 Å². The molecule has 1 aliphatic heterocycles. The molecule has 2 amide bonds. The van der Waals surface area contributed by atoms with E-state index in [0.717, 1.165) is 19.4 Å². The van der Waals surface area contributed by atoms with Gasteiger partial charge in [-0.05, 0) is 32.6 Å². The number of carbonyl (C=O) groups excluding carboxylic acids is 1. The number of carboxylic acids is 1. The van der Waals surface area contributed by atoms with E-state index in [-0.39, 0.29) is 12.1 Å². The normalized spacial score (nSPS) is 27.5. The first-order chi connectivity index (χ1) is 7.05. The minimum absolute atomic E-state index is 0.222. The predicted molar refractivity (Wildman–Crippen MR) is 53.5 cm³/mol. The summed E-state index contributed by atoms with van der Waals surface area (Å²) < 4.78 is 0. The molecule has 1 aliphatic carbocycles. The lowest BCUT2D eigenvalue weighted by molar-refractivity contribution is -0.140. The first-order valence-corrected chi connectivity index (χ1v) is 5.37. The van der Waals surface area contributed by atoms with E-state index in [2.05, 4.69) is 5.32 Å². The Kier molecular flexibility index (Phi) is 2.32. The summed E-state index contributed by atoms with van der Waals surface area (Å²) in [4.78, 5) is 24.4. The van der Waals surface area contributed by atoms with Crippen LogP contribution < -0.4 is 5.32 Å². The molecule has 0 bridgehead atoms. The van der Waals surface area contributed by atoms with E-state index < -0.39 is 11.5 Å². The second-order valence-corrected chi connectivity index (χ2v) is 4.50. The van der Waals surface area contributed by atoms with Gasteiger partial charge in [-0.15, -0.1) is 0 Å². The lowest BCUT2D eigenvalue weighted by atomic mass is 10.2. The Bertz CT molecular complexity index is 299. The molecule has 1 saturated heterocycles. The van der Waals surface area contributed by atoms with Gasteiger partial charge in [0.05, 0.1) is 0 Å². The highest BCUT2D eigenvalue weighted by molar-refractivity contribution is 5.89. The van der Waals surface area contributed by atoms with E-state index in [0.29, 0.717) is 12.8 Å². The van der Waals surface area contributed by atoms with Crippen molar-refractivity contribution < 1.29 is 14.7 Å². The van der Waals surface area contributed by atoms with Crippen molar-refractivity contribution in [2.75, 3.05) is 6.54 Å². The largest absolute Gasteiger partial charge is 0.480 e. The number of amides is 2. The molecule has 1 heterocycles. The molecule has 84 valence electrons. The minimum Gasteiger partial charge on any atom is -0.480 e. The molecule has 1 saturated carbocycles. The maximum Gasteiger partial charge on any atom is 0.329 e. The smallest absolute Gasteiger partial charge is 0.329 e. The molecule has 5 heteroatoms. The van der Waals surface area contributed by atoms with Crippen LogP contribution in [0.5, 0.6) is 0 Å². The zero-order chi connectivity index (χ0) is 11.1. The van der Waals surface area contributed by atoms with Gasteiger partial charge >= 0.3 is 12.0 Å². The highest BCUT2D eigenvalue weighted by Gasteiger charge is 2.52. The van der Waals surface area contributed by atoms with Crippen LogP contribution >= 0.6 is 0 Å². The first kappa shape index (κ1) is 10.3. The van der Waals surface area contributed by atoms with Crippen molar-refractivity contribution in [2.45, 2.75) is 44.2 Å². The Morgan fingerprint density at radius 2 is 2.13 bits per heavy atom. The summed E-state index contributed by atoms with van der Waals surface area (Å²) in [5.41, 5.74) is -0.959. The molecule has 1 atom stereocenters. The number of nitrogens with one attached hydrogen (secondary N) is 1. The molecule has 2 aliphatic rings. The van der Waals surface area contributed by atoms with Crippen LogP contribution in [0.2, 0.25) is 0 Å². The van der Waals surface area contributed by atoms with Crippen LogP contribution in [0.15, 0.2) is 0 Å². The lowest BCUT2D eigenvalue weighted by Gasteiger charge is -2.24. The highest BCUT2D eigenvalue weighted by atomic mass is 16.4. The van der Waals surface area contributed by atoms with Gasteiger partial charge in [-0.2, -0.15) is 0 Å². The third kappa shape index (κ3) is 1.78. The Hall–Kier alpha value is -1.26. The van der Waals surface area contributed by atoms with Gasteiger partial charge in [0.15, 0.2) is 0 Å². The average molecular weight is 212 g/mol. The summed E-state index contributed by atoms with van der Waals surface area (Å²) in [6.45, 7) is 2.73. The summed E-state index contributed by atoms with van der Waals surface area (Å²) in [5, 5.41) is 11.6. The fourth-order valence-corrected chi connectivity index (χ4v) is 2.03. The standard InChI is InChI=1S/C10H16N2O3/c1-7-3-2-6-12(7)9(15)11-10(4-5-10)8(13)14/h7H,2-6H2,1H3,(H,11,15)(H,13,14). The van der Waals surface area contributed by atoms with Gasteiger partial charge in [0, 0.05) is 12.6 Å². The van der Waals surface area contributed by atoms with E-state index in [1.54, 1.807) is 4.90 Å². The molecule has 15 heavy (non-hydrogen) atoms. The van der Waals surface area contributed by atoms with Crippen LogP contribution in [0.4, 0.5) is 4.79 Å². The molecule has 2 fully saturated rings. The van der Waals surface area contributed by atoms with Crippen molar-refractivity contribution >= 4 is 12.0 Å². The lowest BCUT2D eigenvalue weighted by Crippen LogP contribution is -2.50. The molecular formula is C10H16N2O3. The van der Waals surface area contributed by atoms with Crippen molar-refractivity contribution in [3.63, 3.8) is 0 Å². The first-order valence-electron chi connectivity index (χ1n) is 5.37. The number of hydrogen-bond donors (Lipinski definition) is 2. The summed E-state index contributed by atoms with van der Waals surface area (Å²) >= 11 is 0. The van der Waals surface area contributed by atoms with Gasteiger partial charge in [-0.3, -0.25) is 0 Å². The van der Waals surface area contributed by atoms with E-state index >= 15 is 0 Å². The van der Waals surface area contributed by atoms with Crippen LogP contribution in [-0.4, -0.2) is 40.1 Å². The molecule has 2 rings (SSSR count). The number of rotatable bonds is 2. The summed E-state index contributed by atoms with van der Waals surface area (Å²) in [5.74, 6) is -0.914. The van der Waals surface area contributed by atoms with E-state index in [4.69, 9.17) is 5.11 Å². The fourth-order valence-electron chi connectivity index (χ4n) is 2.03. The number of urea groups is 1. The van der Waals surface area contributed by atoms with Crippen LogP contribution in [0.25, 0.3) is 0 Å². The van der Waals surface area contributed by atoms with Crippen molar-refractivity contribution in [1.82, 2.24) is 10.2 Å².